The molecule has 2 aromatic rings. The van der Waals surface area contributed by atoms with Crippen molar-refractivity contribution in [2.75, 3.05) is 0 Å². The minimum atomic E-state index is -0.971. The van der Waals surface area contributed by atoms with E-state index >= 15 is 0 Å². The van der Waals surface area contributed by atoms with E-state index < -0.39 is 5.97 Å². The Labute approximate surface area is 106 Å². The van der Waals surface area contributed by atoms with Crippen LogP contribution in [0.15, 0.2) is 33.3 Å². The zero-order chi connectivity index (χ0) is 12.3. The number of carbonyl (C=O) groups is 1. The van der Waals surface area contributed by atoms with Gasteiger partial charge in [0.25, 0.3) is 0 Å². The first kappa shape index (κ1) is 11.8. The number of carboxylic acid groups (broad SMARTS) is 1. The van der Waals surface area contributed by atoms with Gasteiger partial charge in [-0.3, -0.25) is 4.79 Å². The second-order valence-electron chi connectivity index (χ2n) is 3.48. The first-order valence-electron chi connectivity index (χ1n) is 4.91. The largest absolute Gasteiger partial charge is 0.481 e. The summed E-state index contributed by atoms with van der Waals surface area (Å²) in [7, 11) is 0. The van der Waals surface area contributed by atoms with E-state index in [9.17, 15) is 4.79 Å². The Hall–Kier alpha value is -1.69. The number of halogens is 1. The molecule has 0 aliphatic carbocycles. The van der Waals surface area contributed by atoms with E-state index in [2.05, 4.69) is 26.1 Å². The van der Waals surface area contributed by atoms with Gasteiger partial charge < -0.3 is 9.63 Å². The van der Waals surface area contributed by atoms with Crippen LogP contribution in [0.2, 0.25) is 0 Å². The summed E-state index contributed by atoms with van der Waals surface area (Å²) in [6, 6.07) is 7.71. The zero-order valence-electron chi connectivity index (χ0n) is 8.76. The van der Waals surface area contributed by atoms with Gasteiger partial charge in [0.1, 0.15) is 6.42 Å². The molecule has 88 valence electrons. The van der Waals surface area contributed by atoms with Gasteiger partial charge in [-0.1, -0.05) is 33.2 Å². The average Bonchev–Trinajstić information content (AvgIpc) is 2.68. The smallest absolute Gasteiger partial charge is 0.311 e. The quantitative estimate of drug-likeness (QED) is 0.934. The van der Waals surface area contributed by atoms with Crippen LogP contribution in [0.5, 0.6) is 0 Å². The van der Waals surface area contributed by atoms with Gasteiger partial charge in [0.15, 0.2) is 5.82 Å². The van der Waals surface area contributed by atoms with Crippen LogP contribution in [0.1, 0.15) is 17.3 Å². The molecule has 1 aromatic carbocycles. The van der Waals surface area contributed by atoms with Crippen LogP contribution in [0.3, 0.4) is 0 Å². The molecule has 6 heteroatoms. The van der Waals surface area contributed by atoms with Crippen molar-refractivity contribution in [3.05, 3.63) is 46.0 Å². The van der Waals surface area contributed by atoms with Gasteiger partial charge in [-0.2, -0.15) is 4.98 Å². The first-order valence-corrected chi connectivity index (χ1v) is 5.70. The number of hydrogen-bond acceptors (Lipinski definition) is 4. The molecule has 2 rings (SSSR count). The standard InChI is InChI=1S/C11H9BrN2O3/c12-8-3-1-7(2-4-8)5-10-13-9(14-17-10)6-11(15)16/h1-4H,5-6H2,(H,15,16). The minimum absolute atomic E-state index is 0.199. The summed E-state index contributed by atoms with van der Waals surface area (Å²) in [5.41, 5.74) is 1.03. The van der Waals surface area contributed by atoms with Gasteiger partial charge in [0.05, 0.1) is 6.42 Å². The number of aromatic nitrogens is 2. The lowest BCUT2D eigenvalue weighted by Crippen LogP contribution is -2.01. The maximum absolute atomic E-state index is 10.4. The van der Waals surface area contributed by atoms with E-state index in [1.54, 1.807) is 0 Å². The summed E-state index contributed by atoms with van der Waals surface area (Å²) in [6.45, 7) is 0. The maximum Gasteiger partial charge on any atom is 0.311 e. The fourth-order valence-corrected chi connectivity index (χ4v) is 1.61. The molecule has 0 aliphatic rings. The van der Waals surface area contributed by atoms with Gasteiger partial charge in [-0.05, 0) is 17.7 Å². The third-order valence-corrected chi connectivity index (χ3v) is 2.62. The molecule has 0 unspecified atom stereocenters. The van der Waals surface area contributed by atoms with Crippen molar-refractivity contribution in [1.82, 2.24) is 10.1 Å². The highest BCUT2D eigenvalue weighted by Crippen LogP contribution is 2.13. The van der Waals surface area contributed by atoms with Gasteiger partial charge in [-0.25, -0.2) is 0 Å². The molecule has 1 aromatic heterocycles. The van der Waals surface area contributed by atoms with Crippen LogP contribution in [-0.2, 0) is 17.6 Å². The molecule has 0 atom stereocenters. The Kier molecular flexibility index (Phi) is 3.53. The molecule has 1 heterocycles. The molecular formula is C11H9BrN2O3. The molecule has 0 saturated carbocycles. The third-order valence-electron chi connectivity index (χ3n) is 2.09. The topological polar surface area (TPSA) is 76.2 Å². The number of hydrogen-bond donors (Lipinski definition) is 1. The summed E-state index contributed by atoms with van der Waals surface area (Å²) in [4.78, 5) is 14.4. The Morgan fingerprint density at radius 3 is 2.71 bits per heavy atom. The van der Waals surface area contributed by atoms with E-state index in [0.29, 0.717) is 12.3 Å². The third kappa shape index (κ3) is 3.39. The monoisotopic (exact) mass is 296 g/mol. The van der Waals surface area contributed by atoms with Gasteiger partial charge in [-0.15, -0.1) is 0 Å². The molecule has 0 bridgehead atoms. The Balaban J connectivity index is 2.06. The minimum Gasteiger partial charge on any atom is -0.481 e. The Morgan fingerprint density at radius 2 is 2.06 bits per heavy atom. The van der Waals surface area contributed by atoms with E-state index in [0.717, 1.165) is 10.0 Å². The van der Waals surface area contributed by atoms with Crippen LogP contribution >= 0.6 is 15.9 Å². The zero-order valence-corrected chi connectivity index (χ0v) is 10.3. The number of benzene rings is 1. The van der Waals surface area contributed by atoms with E-state index in [-0.39, 0.29) is 12.2 Å². The predicted octanol–water partition coefficient (Wildman–Crippen LogP) is 2.05. The summed E-state index contributed by atoms with van der Waals surface area (Å²) in [6.07, 6.45) is 0.281. The normalized spacial score (nSPS) is 10.4. The molecule has 0 spiro atoms. The van der Waals surface area contributed by atoms with Crippen molar-refractivity contribution in [1.29, 1.82) is 0 Å². The van der Waals surface area contributed by atoms with Crippen molar-refractivity contribution in [3.63, 3.8) is 0 Å². The molecule has 5 nitrogen and oxygen atoms in total. The fourth-order valence-electron chi connectivity index (χ4n) is 1.35. The molecule has 0 fully saturated rings. The SMILES string of the molecule is O=C(O)Cc1noc(Cc2ccc(Br)cc2)n1. The number of carboxylic acids is 1. The first-order chi connectivity index (χ1) is 8.13. The summed E-state index contributed by atoms with van der Waals surface area (Å²) in [5, 5.41) is 12.2. The lowest BCUT2D eigenvalue weighted by atomic mass is 10.1. The molecule has 0 saturated heterocycles. The number of rotatable bonds is 4. The fraction of sp³-hybridized carbons (Fsp3) is 0.182. The Bertz CT molecular complexity index is 522. The van der Waals surface area contributed by atoms with Gasteiger partial charge >= 0.3 is 5.97 Å². The highest BCUT2D eigenvalue weighted by atomic mass is 79.9. The van der Waals surface area contributed by atoms with Gasteiger partial charge in [0.2, 0.25) is 5.89 Å². The average molecular weight is 297 g/mol. The number of aliphatic carboxylic acids is 1. The molecule has 17 heavy (non-hydrogen) atoms. The predicted molar refractivity (Wildman–Crippen MR) is 62.6 cm³/mol. The molecule has 0 aliphatic heterocycles. The van der Waals surface area contributed by atoms with E-state index in [4.69, 9.17) is 9.63 Å². The van der Waals surface area contributed by atoms with E-state index in [1.807, 2.05) is 24.3 Å². The molecule has 0 amide bonds. The van der Waals surface area contributed by atoms with Crippen LogP contribution in [-0.4, -0.2) is 21.2 Å². The van der Waals surface area contributed by atoms with Gasteiger partial charge in [0, 0.05) is 4.47 Å². The van der Waals surface area contributed by atoms with Crippen molar-refractivity contribution in [3.8, 4) is 0 Å². The summed E-state index contributed by atoms with van der Waals surface area (Å²) in [5.74, 6) is -0.353. The molecule has 1 N–H and O–H groups in total. The van der Waals surface area contributed by atoms with Crippen LogP contribution < -0.4 is 0 Å². The number of nitrogens with zero attached hydrogens (tertiary/aromatic N) is 2. The van der Waals surface area contributed by atoms with Crippen LogP contribution in [0.4, 0.5) is 0 Å². The maximum atomic E-state index is 10.4. The lowest BCUT2D eigenvalue weighted by Gasteiger charge is -1.96. The Morgan fingerprint density at radius 1 is 1.35 bits per heavy atom. The van der Waals surface area contributed by atoms with Crippen molar-refractivity contribution >= 4 is 21.9 Å². The molecule has 0 radical (unpaired) electrons. The summed E-state index contributed by atoms with van der Waals surface area (Å²) < 4.78 is 5.96. The van der Waals surface area contributed by atoms with Crippen molar-refractivity contribution < 1.29 is 14.4 Å². The highest BCUT2D eigenvalue weighted by Gasteiger charge is 2.10. The van der Waals surface area contributed by atoms with E-state index in [1.165, 1.54) is 0 Å². The lowest BCUT2D eigenvalue weighted by molar-refractivity contribution is -0.136. The molecular weight excluding hydrogens is 288 g/mol. The second kappa shape index (κ2) is 5.09. The second-order valence-corrected chi connectivity index (χ2v) is 4.39. The van der Waals surface area contributed by atoms with Crippen LogP contribution in [0.25, 0.3) is 0 Å². The van der Waals surface area contributed by atoms with Crippen molar-refractivity contribution in [2.24, 2.45) is 0 Å². The summed E-state index contributed by atoms with van der Waals surface area (Å²) >= 11 is 3.35. The highest BCUT2D eigenvalue weighted by molar-refractivity contribution is 9.10. The van der Waals surface area contributed by atoms with Crippen molar-refractivity contribution in [2.45, 2.75) is 12.8 Å². The van der Waals surface area contributed by atoms with Crippen LogP contribution in [0, 0.1) is 0 Å².